The van der Waals surface area contributed by atoms with Crippen molar-refractivity contribution in [3.8, 4) is 0 Å². The Labute approximate surface area is 82.2 Å². The molecule has 0 spiro atoms. The van der Waals surface area contributed by atoms with Crippen molar-refractivity contribution in [3.05, 3.63) is 25.3 Å². The summed E-state index contributed by atoms with van der Waals surface area (Å²) in [5.41, 5.74) is 0. The molecule has 0 aromatic heterocycles. The largest absolute Gasteiger partial charge is 0.287 e. The molecule has 1 aliphatic heterocycles. The second-order valence-electron chi connectivity index (χ2n) is 2.49. The number of nitrogens with zero attached hydrogens (tertiary/aromatic N) is 2. The average Bonchev–Trinajstić information content (AvgIpc) is 2.46. The van der Waals surface area contributed by atoms with Crippen molar-refractivity contribution in [2.75, 3.05) is 18.8 Å². The van der Waals surface area contributed by atoms with Gasteiger partial charge in [-0.15, -0.1) is 13.2 Å². The van der Waals surface area contributed by atoms with Crippen LogP contribution in [-0.2, 0) is 4.79 Å². The van der Waals surface area contributed by atoms with E-state index in [0.717, 1.165) is 5.17 Å². The molecule has 0 bridgehead atoms. The van der Waals surface area contributed by atoms with Crippen molar-refractivity contribution < 1.29 is 4.79 Å². The fourth-order valence-electron chi connectivity index (χ4n) is 0.971. The third kappa shape index (κ3) is 2.45. The van der Waals surface area contributed by atoms with E-state index in [-0.39, 0.29) is 5.91 Å². The Morgan fingerprint density at radius 3 is 2.92 bits per heavy atom. The predicted octanol–water partition coefficient (Wildman–Crippen LogP) is 1.29. The van der Waals surface area contributed by atoms with Crippen molar-refractivity contribution in [3.63, 3.8) is 0 Å². The van der Waals surface area contributed by atoms with E-state index in [1.165, 1.54) is 11.8 Å². The highest BCUT2D eigenvalue weighted by Gasteiger charge is 2.26. The smallest absolute Gasteiger partial charge is 0.239 e. The molecule has 0 saturated carbocycles. The molecule has 0 unspecified atom stereocenters. The molecule has 0 radical (unpaired) electrons. The first kappa shape index (κ1) is 10.1. The van der Waals surface area contributed by atoms with Gasteiger partial charge in [0.1, 0.15) is 0 Å². The van der Waals surface area contributed by atoms with Crippen LogP contribution in [0, 0.1) is 0 Å². The van der Waals surface area contributed by atoms with Gasteiger partial charge in [-0.25, -0.2) is 0 Å². The van der Waals surface area contributed by atoms with Gasteiger partial charge in [0, 0.05) is 6.54 Å². The van der Waals surface area contributed by atoms with Gasteiger partial charge in [0.15, 0.2) is 5.17 Å². The molecule has 0 aliphatic carbocycles. The minimum atomic E-state index is 0.104. The van der Waals surface area contributed by atoms with Crippen LogP contribution in [0.1, 0.15) is 0 Å². The number of thioether (sulfide) groups is 1. The number of hydrogen-bond donors (Lipinski definition) is 0. The minimum absolute atomic E-state index is 0.104. The molecule has 4 heteroatoms. The first-order chi connectivity index (χ1) is 6.29. The molecular weight excluding hydrogens is 184 g/mol. The normalized spacial score (nSPS) is 19.5. The quantitative estimate of drug-likeness (QED) is 0.635. The number of aliphatic imine (C=N–C) groups is 1. The molecular formula is C9H12N2OS. The highest BCUT2D eigenvalue weighted by molar-refractivity contribution is 8.15. The molecule has 1 amide bonds. The maximum Gasteiger partial charge on any atom is 0.239 e. The zero-order valence-corrected chi connectivity index (χ0v) is 8.22. The van der Waals surface area contributed by atoms with Gasteiger partial charge < -0.3 is 0 Å². The lowest BCUT2D eigenvalue weighted by Gasteiger charge is -2.12. The van der Waals surface area contributed by atoms with Gasteiger partial charge >= 0.3 is 0 Å². The highest BCUT2D eigenvalue weighted by Crippen LogP contribution is 2.18. The summed E-state index contributed by atoms with van der Waals surface area (Å²) in [4.78, 5) is 17.1. The molecule has 1 aliphatic rings. The van der Waals surface area contributed by atoms with Gasteiger partial charge in [-0.3, -0.25) is 14.7 Å². The van der Waals surface area contributed by atoms with E-state index in [1.54, 1.807) is 17.1 Å². The summed E-state index contributed by atoms with van der Waals surface area (Å²) in [6.07, 6.45) is 3.41. The summed E-state index contributed by atoms with van der Waals surface area (Å²) in [5.74, 6) is 0.594. The van der Waals surface area contributed by atoms with Crippen molar-refractivity contribution in [2.24, 2.45) is 4.99 Å². The monoisotopic (exact) mass is 196 g/mol. The lowest BCUT2D eigenvalue weighted by molar-refractivity contribution is -0.123. The van der Waals surface area contributed by atoms with Crippen molar-refractivity contribution in [1.29, 1.82) is 0 Å². The van der Waals surface area contributed by atoms with E-state index in [2.05, 4.69) is 18.2 Å². The summed E-state index contributed by atoms with van der Waals surface area (Å²) in [6.45, 7) is 8.27. The van der Waals surface area contributed by atoms with Crippen molar-refractivity contribution in [2.45, 2.75) is 0 Å². The van der Waals surface area contributed by atoms with E-state index in [0.29, 0.717) is 18.8 Å². The molecule has 0 atom stereocenters. The zero-order chi connectivity index (χ0) is 9.68. The van der Waals surface area contributed by atoms with Gasteiger partial charge in [0.2, 0.25) is 5.91 Å². The van der Waals surface area contributed by atoms with E-state index in [4.69, 9.17) is 0 Å². The molecule has 3 nitrogen and oxygen atoms in total. The van der Waals surface area contributed by atoms with Crippen LogP contribution in [0.25, 0.3) is 0 Å². The summed E-state index contributed by atoms with van der Waals surface area (Å²) < 4.78 is 0. The molecule has 0 aromatic rings. The van der Waals surface area contributed by atoms with Crippen LogP contribution in [0.3, 0.4) is 0 Å². The van der Waals surface area contributed by atoms with Crippen molar-refractivity contribution >= 4 is 22.8 Å². The van der Waals surface area contributed by atoms with Crippen LogP contribution in [-0.4, -0.2) is 34.8 Å². The number of amides is 1. The SMILES string of the molecule is C=CC/N=C1\SCC(=O)N1CC=C. The van der Waals surface area contributed by atoms with Gasteiger partial charge in [-0.05, 0) is 0 Å². The molecule has 13 heavy (non-hydrogen) atoms. The zero-order valence-electron chi connectivity index (χ0n) is 7.40. The second-order valence-corrected chi connectivity index (χ2v) is 3.44. The third-order valence-electron chi connectivity index (χ3n) is 1.52. The Morgan fingerprint density at radius 2 is 2.31 bits per heavy atom. The Kier molecular flexibility index (Phi) is 3.76. The standard InChI is InChI=1S/C9H12N2OS/c1-3-5-10-9-11(6-4-2)8(12)7-13-9/h3-4H,1-2,5-7H2/b10-9-. The molecule has 1 heterocycles. The summed E-state index contributed by atoms with van der Waals surface area (Å²) in [7, 11) is 0. The summed E-state index contributed by atoms with van der Waals surface area (Å²) in [6, 6.07) is 0. The van der Waals surface area contributed by atoms with E-state index in [9.17, 15) is 4.79 Å². The minimum Gasteiger partial charge on any atom is -0.287 e. The number of hydrogen-bond acceptors (Lipinski definition) is 3. The number of carbonyl (C=O) groups is 1. The third-order valence-corrected chi connectivity index (χ3v) is 2.52. The Hall–Kier alpha value is -1.03. The van der Waals surface area contributed by atoms with Crippen LogP contribution in [0.15, 0.2) is 30.3 Å². The molecule has 0 aromatic carbocycles. The number of carbonyl (C=O) groups excluding carboxylic acids is 1. The second kappa shape index (κ2) is 4.87. The van der Waals surface area contributed by atoms with Gasteiger partial charge in [-0.2, -0.15) is 0 Å². The van der Waals surface area contributed by atoms with E-state index < -0.39 is 0 Å². The average molecular weight is 196 g/mol. The first-order valence-electron chi connectivity index (χ1n) is 3.99. The van der Waals surface area contributed by atoms with Crippen LogP contribution in [0.5, 0.6) is 0 Å². The van der Waals surface area contributed by atoms with Gasteiger partial charge in [0.05, 0.1) is 12.3 Å². The maximum atomic E-state index is 11.3. The lowest BCUT2D eigenvalue weighted by atomic mass is 10.5. The topological polar surface area (TPSA) is 32.7 Å². The van der Waals surface area contributed by atoms with Gasteiger partial charge in [-0.1, -0.05) is 23.9 Å². The van der Waals surface area contributed by atoms with Crippen LogP contribution < -0.4 is 0 Å². The molecule has 1 fully saturated rings. The molecule has 70 valence electrons. The first-order valence-corrected chi connectivity index (χ1v) is 4.97. The fourth-order valence-corrected chi connectivity index (χ4v) is 1.88. The Bertz CT molecular complexity index is 260. The van der Waals surface area contributed by atoms with Crippen molar-refractivity contribution in [1.82, 2.24) is 4.90 Å². The maximum absolute atomic E-state index is 11.3. The van der Waals surface area contributed by atoms with Gasteiger partial charge in [0.25, 0.3) is 0 Å². The summed E-state index contributed by atoms with van der Waals surface area (Å²) in [5, 5.41) is 0.782. The fraction of sp³-hybridized carbons (Fsp3) is 0.333. The van der Waals surface area contributed by atoms with E-state index >= 15 is 0 Å². The van der Waals surface area contributed by atoms with Crippen LogP contribution in [0.4, 0.5) is 0 Å². The van der Waals surface area contributed by atoms with E-state index in [1.807, 2.05) is 0 Å². The van der Waals surface area contributed by atoms with Crippen LogP contribution >= 0.6 is 11.8 Å². The highest BCUT2D eigenvalue weighted by atomic mass is 32.2. The molecule has 0 N–H and O–H groups in total. The number of rotatable bonds is 4. The summed E-state index contributed by atoms with van der Waals surface area (Å²) >= 11 is 1.47. The Morgan fingerprint density at radius 1 is 1.54 bits per heavy atom. The molecule has 1 saturated heterocycles. The Balaban J connectivity index is 2.68. The predicted molar refractivity (Wildman–Crippen MR) is 56.9 cm³/mol. The van der Waals surface area contributed by atoms with Crippen LogP contribution in [0.2, 0.25) is 0 Å². The molecule has 1 rings (SSSR count). The lowest BCUT2D eigenvalue weighted by Crippen LogP contribution is -2.29. The number of amidine groups is 1.